The van der Waals surface area contributed by atoms with E-state index in [9.17, 15) is 9.59 Å². The summed E-state index contributed by atoms with van der Waals surface area (Å²) in [5.74, 6) is -0.586. The zero-order valence-electron chi connectivity index (χ0n) is 14.5. The summed E-state index contributed by atoms with van der Waals surface area (Å²) < 4.78 is 0. The molecule has 5 nitrogen and oxygen atoms in total. The normalized spacial score (nSPS) is 16.8. The zero-order valence-corrected chi connectivity index (χ0v) is 14.5. The quantitative estimate of drug-likeness (QED) is 0.562. The molecule has 3 aromatic rings. The minimum atomic E-state index is -0.326. The van der Waals surface area contributed by atoms with E-state index in [-0.39, 0.29) is 17.6 Å². The summed E-state index contributed by atoms with van der Waals surface area (Å²) in [6.07, 6.45) is 3.05. The number of carbonyl (C=O) groups excluding carboxylic acids is 2. The topological polar surface area (TPSA) is 74.3 Å². The van der Waals surface area contributed by atoms with Crippen molar-refractivity contribution in [3.8, 4) is 0 Å². The molecule has 1 aliphatic carbocycles. The smallest absolute Gasteiger partial charge is 0.271 e. The zero-order chi connectivity index (χ0) is 18.1. The van der Waals surface area contributed by atoms with E-state index in [1.807, 2.05) is 25.1 Å². The molecule has 0 aliphatic heterocycles. The Balaban J connectivity index is 1.51. The number of benzene rings is 2. The first-order valence-corrected chi connectivity index (χ1v) is 8.67. The molecule has 1 amide bonds. The second-order valence-electron chi connectivity index (χ2n) is 6.62. The number of amides is 1. The largest absolute Gasteiger partial charge is 0.352 e. The first-order valence-electron chi connectivity index (χ1n) is 8.67. The molecule has 0 saturated carbocycles. The van der Waals surface area contributed by atoms with Gasteiger partial charge < -0.3 is 4.98 Å². The van der Waals surface area contributed by atoms with Gasteiger partial charge in [-0.2, -0.15) is 5.10 Å². The minimum Gasteiger partial charge on any atom is -0.352 e. The highest BCUT2D eigenvalue weighted by molar-refractivity contribution is 6.10. The third kappa shape index (κ3) is 2.92. The number of carbonyl (C=O) groups is 2. The van der Waals surface area contributed by atoms with Crippen molar-refractivity contribution in [2.75, 3.05) is 0 Å². The van der Waals surface area contributed by atoms with Gasteiger partial charge in [-0.1, -0.05) is 29.8 Å². The number of rotatable bonds is 3. The highest BCUT2D eigenvalue weighted by Crippen LogP contribution is 2.31. The second-order valence-corrected chi connectivity index (χ2v) is 6.62. The number of Topliss-reactive ketones (excluding diaryl/α,β-unsaturated/α-hetero) is 1. The Morgan fingerprint density at radius 3 is 2.85 bits per heavy atom. The molecule has 1 aliphatic rings. The number of nitrogens with zero attached hydrogens (tertiary/aromatic N) is 1. The van der Waals surface area contributed by atoms with Crippen LogP contribution in [-0.2, 0) is 6.42 Å². The van der Waals surface area contributed by atoms with Gasteiger partial charge in [0.1, 0.15) is 0 Å². The molecule has 1 aromatic heterocycles. The van der Waals surface area contributed by atoms with Crippen molar-refractivity contribution in [2.45, 2.75) is 19.8 Å². The van der Waals surface area contributed by atoms with Crippen LogP contribution >= 0.6 is 0 Å². The van der Waals surface area contributed by atoms with E-state index in [1.54, 1.807) is 30.5 Å². The number of aromatic amines is 1. The number of fused-ring (bicyclic) bond motifs is 3. The lowest BCUT2D eigenvalue weighted by molar-refractivity contribution is 0.0929. The van der Waals surface area contributed by atoms with E-state index in [2.05, 4.69) is 21.6 Å². The number of ketones is 1. The van der Waals surface area contributed by atoms with E-state index in [0.29, 0.717) is 17.7 Å². The molecule has 0 spiro atoms. The van der Waals surface area contributed by atoms with Crippen LogP contribution in [0.3, 0.4) is 0 Å². The van der Waals surface area contributed by atoms with Crippen LogP contribution in [0.4, 0.5) is 0 Å². The SMILES string of the molecule is Cc1ccc2[nH]c3c(c2c1)CC[C@@H](/C=N\NC(=O)c1ccccc1)C3=O. The van der Waals surface area contributed by atoms with Gasteiger partial charge in [0.2, 0.25) is 0 Å². The van der Waals surface area contributed by atoms with Crippen molar-refractivity contribution in [1.29, 1.82) is 0 Å². The van der Waals surface area contributed by atoms with Crippen LogP contribution in [0.15, 0.2) is 53.6 Å². The monoisotopic (exact) mass is 345 g/mol. The fourth-order valence-corrected chi connectivity index (χ4v) is 3.43. The fourth-order valence-electron chi connectivity index (χ4n) is 3.43. The molecule has 0 unspecified atom stereocenters. The predicted molar refractivity (Wildman–Crippen MR) is 102 cm³/mol. The van der Waals surface area contributed by atoms with Crippen LogP contribution in [0.25, 0.3) is 10.9 Å². The Morgan fingerprint density at radius 1 is 1.23 bits per heavy atom. The van der Waals surface area contributed by atoms with E-state index in [4.69, 9.17) is 0 Å². The Morgan fingerprint density at radius 2 is 2.04 bits per heavy atom. The number of H-pyrrole nitrogens is 1. The van der Waals surface area contributed by atoms with Crippen molar-refractivity contribution in [3.05, 3.63) is 70.9 Å². The van der Waals surface area contributed by atoms with Crippen molar-refractivity contribution in [3.63, 3.8) is 0 Å². The van der Waals surface area contributed by atoms with Crippen LogP contribution in [0.2, 0.25) is 0 Å². The first kappa shape index (κ1) is 16.3. The van der Waals surface area contributed by atoms with Gasteiger partial charge in [0.25, 0.3) is 5.91 Å². The van der Waals surface area contributed by atoms with Gasteiger partial charge in [0, 0.05) is 22.7 Å². The predicted octanol–water partition coefficient (Wildman–Crippen LogP) is 3.64. The Hall–Kier alpha value is -3.21. The molecule has 4 rings (SSSR count). The second kappa shape index (κ2) is 6.59. The molecular weight excluding hydrogens is 326 g/mol. The van der Waals surface area contributed by atoms with Gasteiger partial charge in [-0.15, -0.1) is 0 Å². The van der Waals surface area contributed by atoms with E-state index in [1.165, 1.54) is 5.56 Å². The number of aryl methyl sites for hydroxylation is 2. The molecule has 130 valence electrons. The molecular formula is C21H19N3O2. The average Bonchev–Trinajstić information content (AvgIpc) is 3.03. The summed E-state index contributed by atoms with van der Waals surface area (Å²) in [7, 11) is 0. The Labute approximate surface area is 151 Å². The molecule has 26 heavy (non-hydrogen) atoms. The third-order valence-corrected chi connectivity index (χ3v) is 4.81. The first-order chi connectivity index (χ1) is 12.6. The number of hydrazone groups is 1. The highest BCUT2D eigenvalue weighted by atomic mass is 16.2. The molecule has 0 saturated heterocycles. The van der Waals surface area contributed by atoms with Crippen molar-refractivity contribution >= 4 is 28.8 Å². The van der Waals surface area contributed by atoms with E-state index < -0.39 is 0 Å². The van der Waals surface area contributed by atoms with Gasteiger partial charge in [-0.3, -0.25) is 9.59 Å². The molecule has 2 aromatic carbocycles. The van der Waals surface area contributed by atoms with E-state index in [0.717, 1.165) is 22.9 Å². The average molecular weight is 345 g/mol. The van der Waals surface area contributed by atoms with Crippen molar-refractivity contribution in [1.82, 2.24) is 10.4 Å². The Bertz CT molecular complexity index is 1020. The maximum atomic E-state index is 12.8. The van der Waals surface area contributed by atoms with Crippen LogP contribution in [0, 0.1) is 12.8 Å². The maximum Gasteiger partial charge on any atom is 0.271 e. The summed E-state index contributed by atoms with van der Waals surface area (Å²) >= 11 is 0. The fraction of sp³-hybridized carbons (Fsp3) is 0.190. The van der Waals surface area contributed by atoms with Gasteiger partial charge in [0.15, 0.2) is 5.78 Å². The summed E-state index contributed by atoms with van der Waals surface area (Å²) in [5.41, 5.74) is 6.96. The van der Waals surface area contributed by atoms with Gasteiger partial charge in [-0.05, 0) is 49.6 Å². The van der Waals surface area contributed by atoms with Crippen LogP contribution in [0.1, 0.15) is 38.4 Å². The molecule has 1 heterocycles. The summed E-state index contributed by atoms with van der Waals surface area (Å²) in [6.45, 7) is 2.05. The van der Waals surface area contributed by atoms with Crippen LogP contribution in [0.5, 0.6) is 0 Å². The summed E-state index contributed by atoms with van der Waals surface area (Å²) in [4.78, 5) is 28.0. The maximum absolute atomic E-state index is 12.8. The van der Waals surface area contributed by atoms with Gasteiger partial charge >= 0.3 is 0 Å². The standard InChI is InChI=1S/C21H19N3O2/c1-13-7-10-18-17(11-13)16-9-8-15(20(25)19(16)23-18)12-22-24-21(26)14-5-3-2-4-6-14/h2-7,10-12,15,23H,8-9H2,1H3,(H,24,26)/b22-12-/t15-/m0/s1. The molecule has 0 fully saturated rings. The molecule has 5 heteroatoms. The summed E-state index contributed by atoms with van der Waals surface area (Å²) in [6, 6.07) is 15.0. The lowest BCUT2D eigenvalue weighted by atomic mass is 9.86. The minimum absolute atomic E-state index is 0.0258. The number of aromatic nitrogens is 1. The highest BCUT2D eigenvalue weighted by Gasteiger charge is 2.29. The van der Waals surface area contributed by atoms with E-state index >= 15 is 0 Å². The molecule has 0 bridgehead atoms. The molecule has 2 N–H and O–H groups in total. The number of hydrogen-bond donors (Lipinski definition) is 2. The lowest BCUT2D eigenvalue weighted by Crippen LogP contribution is -2.25. The molecule has 0 radical (unpaired) electrons. The van der Waals surface area contributed by atoms with Crippen molar-refractivity contribution < 1.29 is 9.59 Å². The van der Waals surface area contributed by atoms with Crippen LogP contribution in [-0.4, -0.2) is 22.9 Å². The lowest BCUT2D eigenvalue weighted by Gasteiger charge is -2.17. The number of hydrogen-bond acceptors (Lipinski definition) is 3. The summed E-state index contributed by atoms with van der Waals surface area (Å²) in [5, 5.41) is 5.13. The van der Waals surface area contributed by atoms with Gasteiger partial charge in [-0.25, -0.2) is 5.43 Å². The van der Waals surface area contributed by atoms with Crippen LogP contribution < -0.4 is 5.43 Å². The Kier molecular flexibility index (Phi) is 4.13. The third-order valence-electron chi connectivity index (χ3n) is 4.81. The molecule has 1 atom stereocenters. The number of nitrogens with one attached hydrogen (secondary N) is 2. The van der Waals surface area contributed by atoms with Gasteiger partial charge in [0.05, 0.1) is 11.6 Å². The van der Waals surface area contributed by atoms with Crippen molar-refractivity contribution in [2.24, 2.45) is 11.0 Å².